The lowest BCUT2D eigenvalue weighted by atomic mass is 10.2. The van der Waals surface area contributed by atoms with E-state index in [1.165, 1.54) is 18.2 Å². The van der Waals surface area contributed by atoms with Crippen molar-refractivity contribution in [3.8, 4) is 0 Å². The summed E-state index contributed by atoms with van der Waals surface area (Å²) in [6.07, 6.45) is -4.47. The molecule has 0 radical (unpaired) electrons. The second-order valence-electron chi connectivity index (χ2n) is 3.29. The van der Waals surface area contributed by atoms with E-state index in [9.17, 15) is 18.0 Å². The fourth-order valence-electron chi connectivity index (χ4n) is 1.07. The van der Waals surface area contributed by atoms with Crippen LogP contribution in [0.5, 0.6) is 0 Å². The van der Waals surface area contributed by atoms with Crippen LogP contribution in [0.4, 0.5) is 18.9 Å². The third kappa shape index (κ3) is 5.24. The summed E-state index contributed by atoms with van der Waals surface area (Å²) in [7, 11) is 0. The highest BCUT2D eigenvalue weighted by Crippen LogP contribution is 2.18. The lowest BCUT2D eigenvalue weighted by Gasteiger charge is -2.08. The first-order valence-electron chi connectivity index (χ1n) is 4.65. The lowest BCUT2D eigenvalue weighted by Crippen LogP contribution is -2.19. The fraction of sp³-hybridized carbons (Fsp3) is 0.300. The van der Waals surface area contributed by atoms with Crippen LogP contribution in [-0.2, 0) is 9.47 Å². The van der Waals surface area contributed by atoms with Crippen molar-refractivity contribution in [2.75, 3.05) is 19.1 Å². The maximum atomic E-state index is 11.7. The number of nitrogens with two attached hydrogens (primary N) is 1. The van der Waals surface area contributed by atoms with E-state index in [1.807, 2.05) is 0 Å². The van der Waals surface area contributed by atoms with Crippen LogP contribution in [0.1, 0.15) is 10.4 Å². The SMILES string of the molecule is Nc1cc(Cl)cc(C(=O)OCOCC(F)(F)F)c1. The minimum absolute atomic E-state index is 0.0376. The molecule has 0 spiro atoms. The molecule has 18 heavy (non-hydrogen) atoms. The Bertz CT molecular complexity index is 417. The molecular formula is C10H9ClF3NO3. The van der Waals surface area contributed by atoms with Crippen LogP contribution in [-0.4, -0.2) is 25.5 Å². The van der Waals surface area contributed by atoms with Crippen molar-refractivity contribution in [2.24, 2.45) is 0 Å². The Morgan fingerprint density at radius 2 is 2.00 bits per heavy atom. The van der Waals surface area contributed by atoms with Crippen molar-refractivity contribution in [1.82, 2.24) is 0 Å². The molecule has 0 aromatic heterocycles. The fourth-order valence-corrected chi connectivity index (χ4v) is 1.31. The van der Waals surface area contributed by atoms with E-state index in [-0.39, 0.29) is 16.3 Å². The molecule has 0 saturated heterocycles. The third-order valence-electron chi connectivity index (χ3n) is 1.69. The molecule has 1 aromatic rings. The summed E-state index contributed by atoms with van der Waals surface area (Å²) < 4.78 is 43.7. The minimum atomic E-state index is -4.47. The summed E-state index contributed by atoms with van der Waals surface area (Å²) in [6, 6.07) is 3.99. The molecule has 0 fully saturated rings. The molecule has 0 heterocycles. The van der Waals surface area contributed by atoms with Crippen molar-refractivity contribution in [2.45, 2.75) is 6.18 Å². The van der Waals surface area contributed by atoms with Gasteiger partial charge in [-0.1, -0.05) is 11.6 Å². The van der Waals surface area contributed by atoms with Gasteiger partial charge in [-0.3, -0.25) is 0 Å². The van der Waals surface area contributed by atoms with Gasteiger partial charge in [0.15, 0.2) is 6.79 Å². The number of esters is 1. The number of anilines is 1. The van der Waals surface area contributed by atoms with E-state index < -0.39 is 25.5 Å². The first-order valence-corrected chi connectivity index (χ1v) is 5.03. The van der Waals surface area contributed by atoms with Gasteiger partial charge in [-0.15, -0.1) is 0 Å². The number of alkyl halides is 3. The molecule has 2 N–H and O–H groups in total. The van der Waals surface area contributed by atoms with E-state index in [1.54, 1.807) is 0 Å². The van der Waals surface area contributed by atoms with E-state index in [0.717, 1.165) is 0 Å². The molecule has 0 bridgehead atoms. The normalized spacial score (nSPS) is 11.3. The predicted molar refractivity (Wildman–Crippen MR) is 58.2 cm³/mol. The van der Waals surface area contributed by atoms with Crippen molar-refractivity contribution in [3.05, 3.63) is 28.8 Å². The maximum Gasteiger partial charge on any atom is 0.411 e. The van der Waals surface area contributed by atoms with Gasteiger partial charge in [0, 0.05) is 10.7 Å². The summed E-state index contributed by atoms with van der Waals surface area (Å²) in [6.45, 7) is -2.29. The summed E-state index contributed by atoms with van der Waals surface area (Å²) >= 11 is 5.65. The second kappa shape index (κ2) is 5.92. The van der Waals surface area contributed by atoms with Gasteiger partial charge in [-0.05, 0) is 18.2 Å². The van der Waals surface area contributed by atoms with Crippen LogP contribution in [0.3, 0.4) is 0 Å². The first-order chi connectivity index (χ1) is 8.28. The van der Waals surface area contributed by atoms with Crippen LogP contribution in [0.15, 0.2) is 18.2 Å². The number of carbonyl (C=O) groups is 1. The molecule has 0 amide bonds. The lowest BCUT2D eigenvalue weighted by molar-refractivity contribution is -0.190. The second-order valence-corrected chi connectivity index (χ2v) is 3.72. The molecule has 0 saturated carbocycles. The van der Waals surface area contributed by atoms with Crippen molar-refractivity contribution in [3.63, 3.8) is 0 Å². The highest BCUT2D eigenvalue weighted by atomic mass is 35.5. The Labute approximate surface area is 105 Å². The van der Waals surface area contributed by atoms with Gasteiger partial charge in [-0.2, -0.15) is 13.2 Å². The zero-order valence-electron chi connectivity index (χ0n) is 8.96. The van der Waals surface area contributed by atoms with Gasteiger partial charge in [0.25, 0.3) is 0 Å². The highest BCUT2D eigenvalue weighted by Gasteiger charge is 2.27. The number of rotatable bonds is 4. The van der Waals surface area contributed by atoms with Gasteiger partial charge in [-0.25, -0.2) is 4.79 Å². The quantitative estimate of drug-likeness (QED) is 0.399. The zero-order chi connectivity index (χ0) is 13.8. The van der Waals surface area contributed by atoms with Crippen LogP contribution in [0.2, 0.25) is 5.02 Å². The molecule has 100 valence electrons. The van der Waals surface area contributed by atoms with Crippen LogP contribution in [0.25, 0.3) is 0 Å². The Balaban J connectivity index is 2.46. The third-order valence-corrected chi connectivity index (χ3v) is 1.91. The van der Waals surface area contributed by atoms with Crippen LogP contribution in [0, 0.1) is 0 Å². The average Bonchev–Trinajstić information content (AvgIpc) is 2.21. The van der Waals surface area contributed by atoms with Gasteiger partial charge in [0.1, 0.15) is 6.61 Å². The molecule has 1 rings (SSSR count). The smallest absolute Gasteiger partial charge is 0.411 e. The summed E-state index contributed by atoms with van der Waals surface area (Å²) in [5.41, 5.74) is 5.72. The highest BCUT2D eigenvalue weighted by molar-refractivity contribution is 6.31. The molecule has 0 aliphatic heterocycles. The average molecular weight is 284 g/mol. The Hall–Kier alpha value is -1.47. The number of carbonyl (C=O) groups excluding carboxylic acids is 1. The van der Waals surface area contributed by atoms with Gasteiger partial charge in [0.2, 0.25) is 0 Å². The number of hydrogen-bond donors (Lipinski definition) is 1. The standard InChI is InChI=1S/C10H9ClF3NO3/c11-7-1-6(2-8(15)3-7)9(16)18-5-17-4-10(12,13)14/h1-3H,4-5,15H2. The summed E-state index contributed by atoms with van der Waals surface area (Å²) in [5, 5.41) is 0.221. The van der Waals surface area contributed by atoms with Gasteiger partial charge < -0.3 is 15.2 Å². The van der Waals surface area contributed by atoms with E-state index >= 15 is 0 Å². The number of halogens is 4. The van der Waals surface area contributed by atoms with Crippen LogP contribution >= 0.6 is 11.6 Å². The van der Waals surface area contributed by atoms with Crippen molar-refractivity contribution >= 4 is 23.3 Å². The Morgan fingerprint density at radius 3 is 2.56 bits per heavy atom. The Morgan fingerprint density at radius 1 is 1.33 bits per heavy atom. The molecule has 4 nitrogen and oxygen atoms in total. The number of nitrogen functional groups attached to an aromatic ring is 1. The molecule has 0 aliphatic carbocycles. The molecule has 8 heteroatoms. The molecule has 0 aliphatic rings. The molecule has 0 atom stereocenters. The number of benzene rings is 1. The monoisotopic (exact) mass is 283 g/mol. The largest absolute Gasteiger partial charge is 0.435 e. The predicted octanol–water partition coefficient (Wildman–Crippen LogP) is 2.62. The number of ether oxygens (including phenoxy) is 2. The van der Waals surface area contributed by atoms with Crippen molar-refractivity contribution < 1.29 is 27.4 Å². The van der Waals surface area contributed by atoms with E-state index in [2.05, 4.69) is 9.47 Å². The minimum Gasteiger partial charge on any atom is -0.435 e. The maximum absolute atomic E-state index is 11.7. The van der Waals surface area contributed by atoms with E-state index in [4.69, 9.17) is 17.3 Å². The number of hydrogen-bond acceptors (Lipinski definition) is 4. The summed E-state index contributed by atoms with van der Waals surface area (Å²) in [5.74, 6) is -0.869. The zero-order valence-corrected chi connectivity index (χ0v) is 9.72. The summed E-state index contributed by atoms with van der Waals surface area (Å²) in [4.78, 5) is 11.4. The van der Waals surface area contributed by atoms with Gasteiger partial charge >= 0.3 is 12.1 Å². The first kappa shape index (κ1) is 14.6. The van der Waals surface area contributed by atoms with Crippen molar-refractivity contribution in [1.29, 1.82) is 0 Å². The topological polar surface area (TPSA) is 61.6 Å². The molecule has 0 unspecified atom stereocenters. The Kier molecular flexibility index (Phi) is 4.80. The van der Waals surface area contributed by atoms with E-state index in [0.29, 0.717) is 0 Å². The molecular weight excluding hydrogens is 275 g/mol. The van der Waals surface area contributed by atoms with Crippen LogP contribution < -0.4 is 5.73 Å². The molecule has 1 aromatic carbocycles. The van der Waals surface area contributed by atoms with Gasteiger partial charge in [0.05, 0.1) is 5.56 Å².